The third-order valence-electron chi connectivity index (χ3n) is 7.78. The Morgan fingerprint density at radius 3 is 1.86 bits per heavy atom. The summed E-state index contributed by atoms with van der Waals surface area (Å²) < 4.78 is 69.8. The minimum atomic E-state index is -4.22. The molecule has 2 N–H and O–H groups in total. The van der Waals surface area contributed by atoms with Crippen LogP contribution in [0.2, 0.25) is 20.1 Å². The van der Waals surface area contributed by atoms with Crippen molar-refractivity contribution in [3.05, 3.63) is 68.2 Å². The van der Waals surface area contributed by atoms with E-state index in [4.69, 9.17) is 46.4 Å². The minimum Gasteiger partial charge on any atom is -0.326 e. The Kier molecular flexibility index (Phi) is 10.6. The predicted molar refractivity (Wildman–Crippen MR) is 178 cm³/mol. The molecule has 1 aliphatic rings. The van der Waals surface area contributed by atoms with Gasteiger partial charge in [-0.3, -0.25) is 9.11 Å². The SMILES string of the molecule is CCN1/C(=C\C=C\c2n(CCC(C)S(=O)(=O)O)c3cc(Cl)c(Cl)cc3[n+]2C)N(CCC(C)S(=O)(=O)O)c2cc(Cl)c(Cl)cc21. The number of halogens is 4. The Balaban J connectivity index is 1.80. The molecular weight excluding hydrogens is 694 g/mol. The van der Waals surface area contributed by atoms with E-state index in [1.807, 2.05) is 51.1 Å². The van der Waals surface area contributed by atoms with Crippen molar-refractivity contribution in [2.24, 2.45) is 7.05 Å². The van der Waals surface area contributed by atoms with Crippen LogP contribution in [0.25, 0.3) is 17.1 Å². The first-order valence-corrected chi connectivity index (χ1v) is 18.2. The number of aryl methyl sites for hydroxylation is 2. The topological polar surface area (TPSA) is 124 Å². The number of rotatable bonds is 11. The van der Waals surface area contributed by atoms with E-state index in [-0.39, 0.29) is 25.9 Å². The number of benzene rings is 2. The predicted octanol–water partition coefficient (Wildman–Crippen LogP) is 6.61. The molecule has 10 nitrogen and oxygen atoms in total. The average Bonchev–Trinajstić information content (AvgIpc) is 3.34. The minimum absolute atomic E-state index is 0.144. The van der Waals surface area contributed by atoms with Gasteiger partial charge in [-0.05, 0) is 45.4 Å². The highest BCUT2D eigenvalue weighted by Crippen LogP contribution is 2.45. The van der Waals surface area contributed by atoms with Crippen molar-refractivity contribution < 1.29 is 30.5 Å². The van der Waals surface area contributed by atoms with Gasteiger partial charge < -0.3 is 9.80 Å². The number of aromatic nitrogens is 2. The maximum atomic E-state index is 11.7. The number of fused-ring (bicyclic) bond motifs is 2. The van der Waals surface area contributed by atoms with E-state index in [1.54, 1.807) is 24.3 Å². The van der Waals surface area contributed by atoms with E-state index in [0.29, 0.717) is 32.5 Å². The molecule has 44 heavy (non-hydrogen) atoms. The van der Waals surface area contributed by atoms with Crippen LogP contribution in [0.3, 0.4) is 0 Å². The van der Waals surface area contributed by atoms with Crippen molar-refractivity contribution in [2.75, 3.05) is 22.9 Å². The van der Waals surface area contributed by atoms with Gasteiger partial charge in [-0.2, -0.15) is 16.8 Å². The molecule has 0 bridgehead atoms. The Labute approximate surface area is 277 Å². The number of hydrogen-bond acceptors (Lipinski definition) is 6. The Morgan fingerprint density at radius 1 is 0.818 bits per heavy atom. The molecular formula is C28H33Cl4N4O6S2+. The molecule has 2 heterocycles. The lowest BCUT2D eigenvalue weighted by atomic mass is 10.2. The van der Waals surface area contributed by atoms with Crippen LogP contribution in [0.5, 0.6) is 0 Å². The maximum Gasteiger partial charge on any atom is 0.282 e. The molecule has 2 aromatic carbocycles. The summed E-state index contributed by atoms with van der Waals surface area (Å²) in [4.78, 5) is 3.94. The van der Waals surface area contributed by atoms with E-state index in [2.05, 4.69) is 0 Å². The largest absolute Gasteiger partial charge is 0.326 e. The lowest BCUT2D eigenvalue weighted by Gasteiger charge is -2.25. The highest BCUT2D eigenvalue weighted by molar-refractivity contribution is 7.86. The zero-order chi connectivity index (χ0) is 32.7. The second kappa shape index (κ2) is 13.4. The fourth-order valence-corrected chi connectivity index (χ4v) is 6.55. The van der Waals surface area contributed by atoms with E-state index in [1.165, 1.54) is 13.8 Å². The zero-order valence-corrected chi connectivity index (χ0v) is 29.0. The van der Waals surface area contributed by atoms with Crippen LogP contribution in [0.15, 0.2) is 42.2 Å². The average molecular weight is 728 g/mol. The quantitative estimate of drug-likeness (QED) is 0.167. The van der Waals surface area contributed by atoms with Gasteiger partial charge in [0.15, 0.2) is 11.0 Å². The van der Waals surface area contributed by atoms with E-state index < -0.39 is 30.7 Å². The Hall–Kier alpha value is -2.03. The summed E-state index contributed by atoms with van der Waals surface area (Å²) in [5.41, 5.74) is 3.03. The number of allylic oxidation sites excluding steroid dienone is 2. The molecule has 0 aliphatic carbocycles. The van der Waals surface area contributed by atoms with Gasteiger partial charge in [-0.1, -0.05) is 52.5 Å². The smallest absolute Gasteiger partial charge is 0.282 e. The Morgan fingerprint density at radius 2 is 1.32 bits per heavy atom. The van der Waals surface area contributed by atoms with Gasteiger partial charge in [0.25, 0.3) is 26.1 Å². The van der Waals surface area contributed by atoms with Gasteiger partial charge in [0.1, 0.15) is 5.82 Å². The summed E-state index contributed by atoms with van der Waals surface area (Å²) in [5.74, 6) is 1.44. The van der Waals surface area contributed by atoms with Crippen molar-refractivity contribution in [1.29, 1.82) is 0 Å². The van der Waals surface area contributed by atoms with Crippen LogP contribution in [0.4, 0.5) is 11.4 Å². The zero-order valence-electron chi connectivity index (χ0n) is 24.4. The molecule has 16 heteroatoms. The third kappa shape index (κ3) is 7.18. The molecule has 2 unspecified atom stereocenters. The van der Waals surface area contributed by atoms with Crippen LogP contribution < -0.4 is 14.4 Å². The highest BCUT2D eigenvalue weighted by Gasteiger charge is 2.32. The van der Waals surface area contributed by atoms with E-state index >= 15 is 0 Å². The van der Waals surface area contributed by atoms with E-state index in [9.17, 15) is 25.9 Å². The van der Waals surface area contributed by atoms with Crippen molar-refractivity contribution in [3.63, 3.8) is 0 Å². The first-order chi connectivity index (χ1) is 20.4. The molecule has 0 radical (unpaired) electrons. The molecule has 0 amide bonds. The summed E-state index contributed by atoms with van der Waals surface area (Å²) >= 11 is 25.4. The molecule has 0 spiro atoms. The lowest BCUT2D eigenvalue weighted by Crippen LogP contribution is -2.32. The summed E-state index contributed by atoms with van der Waals surface area (Å²) in [6, 6.07) is 6.93. The fraction of sp³-hybridized carbons (Fsp3) is 0.393. The molecule has 4 rings (SSSR count). The monoisotopic (exact) mass is 725 g/mol. The highest BCUT2D eigenvalue weighted by atomic mass is 35.5. The first kappa shape index (κ1) is 34.8. The van der Waals surface area contributed by atoms with Crippen LogP contribution in [-0.2, 0) is 33.8 Å². The summed E-state index contributed by atoms with van der Waals surface area (Å²) in [7, 11) is -6.60. The van der Waals surface area contributed by atoms with Gasteiger partial charge in [0.05, 0.1) is 55.6 Å². The van der Waals surface area contributed by atoms with Crippen molar-refractivity contribution in [3.8, 4) is 0 Å². The molecule has 1 aromatic heterocycles. The lowest BCUT2D eigenvalue weighted by molar-refractivity contribution is -0.647. The number of anilines is 2. The molecule has 0 fully saturated rings. The second-order valence-corrected chi connectivity index (χ2v) is 15.9. The molecule has 240 valence electrons. The van der Waals surface area contributed by atoms with Crippen LogP contribution in [-0.4, -0.2) is 54.1 Å². The fourth-order valence-electron chi connectivity index (χ4n) is 5.11. The molecule has 2 atom stereocenters. The van der Waals surface area contributed by atoms with Gasteiger partial charge >= 0.3 is 0 Å². The summed E-state index contributed by atoms with van der Waals surface area (Å²) in [5, 5.41) is -0.545. The van der Waals surface area contributed by atoms with Crippen molar-refractivity contribution >= 4 is 95.1 Å². The van der Waals surface area contributed by atoms with Crippen molar-refractivity contribution in [2.45, 2.75) is 50.7 Å². The van der Waals surface area contributed by atoms with Gasteiger partial charge in [-0.15, -0.1) is 0 Å². The molecule has 1 aliphatic heterocycles. The van der Waals surface area contributed by atoms with E-state index in [0.717, 1.165) is 28.2 Å². The molecule has 0 saturated carbocycles. The molecule has 3 aromatic rings. The molecule has 0 saturated heterocycles. The standard InChI is InChI=1S/C28H32Cl4N4O6S2/c1-5-34-25-15-21(31)22(32)16-26(25)36(12-10-18(3)44(40,41)42)28(34)8-6-7-27-33(4)23-13-19(29)20(30)14-24(23)35(27)11-9-17(2)43(37,38)39/h6-8,13-18H,5,9-12H2,1-4H3,(H-,37,38,39,40,41,42)/p+1. The Bertz CT molecular complexity index is 1880. The van der Waals surface area contributed by atoms with Gasteiger partial charge in [0.2, 0.25) is 0 Å². The number of hydrogen-bond donors (Lipinski definition) is 2. The van der Waals surface area contributed by atoms with Gasteiger partial charge in [-0.25, -0.2) is 9.13 Å². The summed E-state index contributed by atoms with van der Waals surface area (Å²) in [6.07, 6.45) is 5.83. The first-order valence-electron chi connectivity index (χ1n) is 13.7. The van der Waals surface area contributed by atoms with Crippen LogP contribution in [0, 0.1) is 0 Å². The number of imidazole rings is 1. The number of nitrogens with zero attached hydrogens (tertiary/aromatic N) is 4. The van der Waals surface area contributed by atoms with Crippen LogP contribution in [0.1, 0.15) is 39.4 Å². The van der Waals surface area contributed by atoms with Gasteiger partial charge in [0, 0.05) is 37.7 Å². The van der Waals surface area contributed by atoms with Crippen LogP contribution >= 0.6 is 46.4 Å². The maximum absolute atomic E-state index is 11.7. The van der Waals surface area contributed by atoms with Crippen molar-refractivity contribution in [1.82, 2.24) is 4.57 Å². The summed E-state index contributed by atoms with van der Waals surface area (Å²) in [6.45, 7) is 5.94. The third-order valence-corrected chi connectivity index (χ3v) is 11.7. The normalized spacial score (nSPS) is 16.5. The second-order valence-electron chi connectivity index (χ2n) is 10.6.